The quantitative estimate of drug-likeness (QED) is 0.785. The predicted molar refractivity (Wildman–Crippen MR) is 90.1 cm³/mol. The molecule has 1 N–H and O–H groups in total. The fourth-order valence-corrected chi connectivity index (χ4v) is 2.58. The van der Waals surface area contributed by atoms with Gasteiger partial charge in [-0.3, -0.25) is 4.79 Å². The van der Waals surface area contributed by atoms with Crippen molar-refractivity contribution in [2.45, 2.75) is 13.3 Å². The van der Waals surface area contributed by atoms with E-state index in [0.717, 1.165) is 17.3 Å². The zero-order valence-corrected chi connectivity index (χ0v) is 13.0. The number of hydrogen-bond donors (Lipinski definition) is 1. The number of aromatic nitrogens is 1. The molecule has 2 aromatic carbocycles. The molecule has 0 saturated carbocycles. The summed E-state index contributed by atoms with van der Waals surface area (Å²) in [4.78, 5) is 12.2. The first kappa shape index (κ1) is 14.4. The van der Waals surface area contributed by atoms with E-state index in [1.54, 1.807) is 0 Å². The summed E-state index contributed by atoms with van der Waals surface area (Å²) in [6.45, 7) is 2.72. The van der Waals surface area contributed by atoms with Gasteiger partial charge < -0.3 is 9.88 Å². The molecular formula is C19H20N2O. The molecule has 1 heterocycles. The van der Waals surface area contributed by atoms with Crippen molar-refractivity contribution in [1.82, 2.24) is 9.88 Å². The number of amides is 1. The summed E-state index contributed by atoms with van der Waals surface area (Å²) < 4.78 is 2.03. The highest BCUT2D eigenvalue weighted by atomic mass is 16.1. The van der Waals surface area contributed by atoms with E-state index >= 15 is 0 Å². The standard InChI is InChI=1S/C19H20N2O/c1-14-3-5-15(6-4-14)9-11-20-19(22)17-8-7-16-10-12-21(2)18(16)13-17/h3-8,10,12-13H,9,11H2,1-2H3,(H,20,22). The van der Waals surface area contributed by atoms with Crippen LogP contribution < -0.4 is 5.32 Å². The molecule has 1 amide bonds. The van der Waals surface area contributed by atoms with Gasteiger partial charge in [-0.1, -0.05) is 35.9 Å². The minimum absolute atomic E-state index is 0.0183. The predicted octanol–water partition coefficient (Wildman–Crippen LogP) is 3.46. The monoisotopic (exact) mass is 292 g/mol. The van der Waals surface area contributed by atoms with Gasteiger partial charge in [-0.05, 0) is 42.5 Å². The minimum atomic E-state index is -0.0183. The molecule has 22 heavy (non-hydrogen) atoms. The number of fused-ring (bicyclic) bond motifs is 1. The first-order valence-electron chi connectivity index (χ1n) is 7.52. The van der Waals surface area contributed by atoms with Crippen molar-refractivity contribution in [1.29, 1.82) is 0 Å². The molecule has 0 saturated heterocycles. The topological polar surface area (TPSA) is 34.0 Å². The average molecular weight is 292 g/mol. The maximum atomic E-state index is 12.2. The molecule has 0 aliphatic carbocycles. The Morgan fingerprint density at radius 3 is 2.64 bits per heavy atom. The number of benzene rings is 2. The van der Waals surface area contributed by atoms with Crippen molar-refractivity contribution < 1.29 is 4.79 Å². The van der Waals surface area contributed by atoms with E-state index in [4.69, 9.17) is 0 Å². The van der Waals surface area contributed by atoms with Crippen LogP contribution in [0.3, 0.4) is 0 Å². The maximum Gasteiger partial charge on any atom is 0.251 e. The van der Waals surface area contributed by atoms with Crippen LogP contribution in [0.15, 0.2) is 54.7 Å². The van der Waals surface area contributed by atoms with Gasteiger partial charge in [-0.15, -0.1) is 0 Å². The summed E-state index contributed by atoms with van der Waals surface area (Å²) in [7, 11) is 1.99. The van der Waals surface area contributed by atoms with Gasteiger partial charge in [-0.25, -0.2) is 0 Å². The second-order valence-electron chi connectivity index (χ2n) is 5.69. The number of aryl methyl sites for hydroxylation is 2. The number of nitrogens with zero attached hydrogens (tertiary/aromatic N) is 1. The molecule has 0 radical (unpaired) electrons. The van der Waals surface area contributed by atoms with Gasteiger partial charge in [0.25, 0.3) is 5.91 Å². The second-order valence-corrected chi connectivity index (χ2v) is 5.69. The van der Waals surface area contributed by atoms with Crippen molar-refractivity contribution in [3.63, 3.8) is 0 Å². The van der Waals surface area contributed by atoms with Crippen molar-refractivity contribution >= 4 is 16.8 Å². The van der Waals surface area contributed by atoms with Crippen LogP contribution in [-0.2, 0) is 13.5 Å². The molecule has 0 aliphatic heterocycles. The van der Waals surface area contributed by atoms with E-state index < -0.39 is 0 Å². The smallest absolute Gasteiger partial charge is 0.251 e. The minimum Gasteiger partial charge on any atom is -0.352 e. The van der Waals surface area contributed by atoms with Crippen LogP contribution in [0.5, 0.6) is 0 Å². The van der Waals surface area contributed by atoms with E-state index in [0.29, 0.717) is 12.1 Å². The van der Waals surface area contributed by atoms with E-state index in [-0.39, 0.29) is 5.91 Å². The Kier molecular flexibility index (Phi) is 3.96. The first-order chi connectivity index (χ1) is 10.6. The van der Waals surface area contributed by atoms with Gasteiger partial charge in [0.2, 0.25) is 0 Å². The van der Waals surface area contributed by atoms with E-state index in [9.17, 15) is 4.79 Å². The zero-order chi connectivity index (χ0) is 15.5. The zero-order valence-electron chi connectivity index (χ0n) is 13.0. The lowest BCUT2D eigenvalue weighted by atomic mass is 10.1. The van der Waals surface area contributed by atoms with Gasteiger partial charge in [0, 0.05) is 30.9 Å². The van der Waals surface area contributed by atoms with Crippen molar-refractivity contribution in [2.24, 2.45) is 7.05 Å². The number of carbonyl (C=O) groups excluding carboxylic acids is 1. The highest BCUT2D eigenvalue weighted by Crippen LogP contribution is 2.16. The molecule has 0 fully saturated rings. The Balaban J connectivity index is 1.63. The van der Waals surface area contributed by atoms with Crippen LogP contribution in [0, 0.1) is 6.92 Å². The highest BCUT2D eigenvalue weighted by molar-refractivity contribution is 5.98. The van der Waals surface area contributed by atoms with E-state index in [1.165, 1.54) is 11.1 Å². The van der Waals surface area contributed by atoms with Gasteiger partial charge in [-0.2, -0.15) is 0 Å². The summed E-state index contributed by atoms with van der Waals surface area (Å²) in [6.07, 6.45) is 2.85. The fourth-order valence-electron chi connectivity index (χ4n) is 2.58. The lowest BCUT2D eigenvalue weighted by Gasteiger charge is -2.07. The van der Waals surface area contributed by atoms with Gasteiger partial charge in [0.1, 0.15) is 0 Å². The van der Waals surface area contributed by atoms with Gasteiger partial charge in [0.05, 0.1) is 0 Å². The third-order valence-electron chi connectivity index (χ3n) is 3.97. The SMILES string of the molecule is Cc1ccc(CCNC(=O)c2ccc3ccn(C)c3c2)cc1. The Labute approximate surface area is 130 Å². The average Bonchev–Trinajstić information content (AvgIpc) is 2.90. The Hall–Kier alpha value is -2.55. The van der Waals surface area contributed by atoms with Crippen molar-refractivity contribution in [3.8, 4) is 0 Å². The number of carbonyl (C=O) groups is 1. The second kappa shape index (κ2) is 6.06. The Morgan fingerprint density at radius 1 is 1.09 bits per heavy atom. The third kappa shape index (κ3) is 3.03. The van der Waals surface area contributed by atoms with Crippen molar-refractivity contribution in [3.05, 3.63) is 71.4 Å². The molecule has 0 atom stereocenters. The molecule has 0 aliphatic rings. The summed E-state index contributed by atoms with van der Waals surface area (Å²) in [5.74, 6) is -0.0183. The normalized spacial score (nSPS) is 10.8. The van der Waals surface area contributed by atoms with E-state index in [1.807, 2.05) is 36.0 Å². The van der Waals surface area contributed by atoms with Crippen LogP contribution >= 0.6 is 0 Å². The third-order valence-corrected chi connectivity index (χ3v) is 3.97. The van der Waals surface area contributed by atoms with Gasteiger partial charge >= 0.3 is 0 Å². The van der Waals surface area contributed by atoms with Crippen LogP contribution in [0.4, 0.5) is 0 Å². The Bertz CT molecular complexity index is 800. The highest BCUT2D eigenvalue weighted by Gasteiger charge is 2.07. The largest absolute Gasteiger partial charge is 0.352 e. The van der Waals surface area contributed by atoms with Gasteiger partial charge in [0.15, 0.2) is 0 Å². The molecule has 112 valence electrons. The lowest BCUT2D eigenvalue weighted by Crippen LogP contribution is -2.25. The molecule has 0 bridgehead atoms. The van der Waals surface area contributed by atoms with Crippen molar-refractivity contribution in [2.75, 3.05) is 6.54 Å². The molecule has 0 spiro atoms. The molecule has 0 unspecified atom stereocenters. The molecule has 3 aromatic rings. The molecule has 3 heteroatoms. The van der Waals surface area contributed by atoms with Crippen LogP contribution in [-0.4, -0.2) is 17.0 Å². The molecule has 3 rings (SSSR count). The lowest BCUT2D eigenvalue weighted by molar-refractivity contribution is 0.0954. The summed E-state index contributed by atoms with van der Waals surface area (Å²) in [5, 5.41) is 4.14. The molecule has 1 aromatic heterocycles. The molecular weight excluding hydrogens is 272 g/mol. The number of hydrogen-bond acceptors (Lipinski definition) is 1. The molecule has 3 nitrogen and oxygen atoms in total. The van der Waals surface area contributed by atoms with Crippen LogP contribution in [0.1, 0.15) is 21.5 Å². The Morgan fingerprint density at radius 2 is 1.86 bits per heavy atom. The van der Waals surface area contributed by atoms with Crippen LogP contribution in [0.2, 0.25) is 0 Å². The maximum absolute atomic E-state index is 12.2. The van der Waals surface area contributed by atoms with E-state index in [2.05, 4.69) is 42.6 Å². The summed E-state index contributed by atoms with van der Waals surface area (Å²) >= 11 is 0. The summed E-state index contributed by atoms with van der Waals surface area (Å²) in [5.41, 5.74) is 4.27. The fraction of sp³-hybridized carbons (Fsp3) is 0.211. The van der Waals surface area contributed by atoms with Crippen LogP contribution in [0.25, 0.3) is 10.9 Å². The number of nitrogens with one attached hydrogen (secondary N) is 1. The first-order valence-corrected chi connectivity index (χ1v) is 7.52. The summed E-state index contributed by atoms with van der Waals surface area (Å²) in [6, 6.07) is 16.3. The number of rotatable bonds is 4.